The Hall–Kier alpha value is -2.29. The second kappa shape index (κ2) is 9.91. The van der Waals surface area contributed by atoms with Crippen LogP contribution in [0.5, 0.6) is 5.75 Å². The summed E-state index contributed by atoms with van der Waals surface area (Å²) in [5, 5.41) is 0. The van der Waals surface area contributed by atoms with Crippen LogP contribution in [0.1, 0.15) is 84.3 Å². The number of benzene rings is 1. The predicted octanol–water partition coefficient (Wildman–Crippen LogP) is 7.41. The van der Waals surface area contributed by atoms with E-state index in [0.29, 0.717) is 12.0 Å². The Balaban J connectivity index is 1.61. The zero-order valence-electron chi connectivity index (χ0n) is 21.0. The fourth-order valence-corrected chi connectivity index (χ4v) is 6.85. The van der Waals surface area contributed by atoms with Crippen LogP contribution in [0.2, 0.25) is 0 Å². The fourth-order valence-electron chi connectivity index (χ4n) is 6.85. The van der Waals surface area contributed by atoms with Gasteiger partial charge in [-0.25, -0.2) is 4.79 Å². The summed E-state index contributed by atoms with van der Waals surface area (Å²) in [7, 11) is 0. The van der Waals surface area contributed by atoms with E-state index in [9.17, 15) is 4.79 Å². The van der Waals surface area contributed by atoms with Gasteiger partial charge in [-0.15, -0.1) is 0 Å². The monoisotopic (exact) mass is 448 g/mol. The van der Waals surface area contributed by atoms with Crippen LogP contribution in [0.15, 0.2) is 48.1 Å². The normalized spacial score (nSPS) is 29.2. The lowest BCUT2D eigenvalue weighted by atomic mass is 9.48. The van der Waals surface area contributed by atoms with Gasteiger partial charge < -0.3 is 9.47 Å². The standard InChI is InChI=1S/C30H40O3/c1-6-32-29(31)12-21(4)8-7-9-22(5)26-10-11-28(33-20(2)3)27(16-26)30-17-23-13-24(18-30)15-25(14-23)19-30/h7-12,16,20,23-25H,6,13-15,17-19H2,1-5H3. The molecule has 3 nitrogen and oxygen atoms in total. The molecule has 0 heterocycles. The average Bonchev–Trinajstić information content (AvgIpc) is 2.72. The summed E-state index contributed by atoms with van der Waals surface area (Å²) < 4.78 is 11.3. The maximum Gasteiger partial charge on any atom is 0.330 e. The molecule has 0 aliphatic heterocycles. The van der Waals surface area contributed by atoms with Crippen molar-refractivity contribution in [2.24, 2.45) is 17.8 Å². The molecule has 0 N–H and O–H groups in total. The topological polar surface area (TPSA) is 35.5 Å². The Morgan fingerprint density at radius 3 is 2.30 bits per heavy atom. The minimum atomic E-state index is -0.290. The molecule has 0 atom stereocenters. The van der Waals surface area contributed by atoms with Crippen molar-refractivity contribution in [1.29, 1.82) is 0 Å². The lowest BCUT2D eigenvalue weighted by Gasteiger charge is -2.57. The highest BCUT2D eigenvalue weighted by Crippen LogP contribution is 2.62. The van der Waals surface area contributed by atoms with Crippen molar-refractivity contribution in [3.63, 3.8) is 0 Å². The molecule has 1 aromatic rings. The maximum absolute atomic E-state index is 11.6. The van der Waals surface area contributed by atoms with Gasteiger partial charge in [-0.3, -0.25) is 0 Å². The molecule has 4 aliphatic carbocycles. The number of hydrogen-bond acceptors (Lipinski definition) is 3. The van der Waals surface area contributed by atoms with Crippen molar-refractivity contribution >= 4 is 11.5 Å². The van der Waals surface area contributed by atoms with Gasteiger partial charge in [0, 0.05) is 11.6 Å². The Labute approximate surface area is 199 Å². The number of carbonyl (C=O) groups is 1. The van der Waals surface area contributed by atoms with Gasteiger partial charge in [0.05, 0.1) is 12.7 Å². The summed E-state index contributed by atoms with van der Waals surface area (Å²) in [5.41, 5.74) is 5.10. The SMILES string of the molecule is CCOC(=O)C=C(C)C=CC=C(C)c1ccc(OC(C)C)c(C23CC4CC(CC(C4)C2)C3)c1. The van der Waals surface area contributed by atoms with Crippen LogP contribution < -0.4 is 4.74 Å². The Bertz CT molecular complexity index is 927. The Kier molecular flexibility index (Phi) is 7.16. The van der Waals surface area contributed by atoms with Gasteiger partial charge in [0.1, 0.15) is 5.75 Å². The number of carbonyl (C=O) groups excluding carboxylic acids is 1. The van der Waals surface area contributed by atoms with Gasteiger partial charge in [0.25, 0.3) is 0 Å². The first kappa shape index (κ1) is 23.9. The molecule has 4 fully saturated rings. The van der Waals surface area contributed by atoms with Gasteiger partial charge >= 0.3 is 5.97 Å². The molecule has 4 saturated carbocycles. The summed E-state index contributed by atoms with van der Waals surface area (Å²) in [6.07, 6.45) is 16.1. The van der Waals surface area contributed by atoms with Crippen LogP contribution in [-0.2, 0) is 14.9 Å². The fraction of sp³-hybridized carbons (Fsp3) is 0.567. The molecule has 0 radical (unpaired) electrons. The van der Waals surface area contributed by atoms with E-state index in [-0.39, 0.29) is 12.1 Å². The molecule has 4 bridgehead atoms. The molecule has 3 heteroatoms. The first-order chi connectivity index (χ1) is 15.8. The lowest BCUT2D eigenvalue weighted by Crippen LogP contribution is -2.48. The Morgan fingerprint density at radius 2 is 1.73 bits per heavy atom. The van der Waals surface area contributed by atoms with Gasteiger partial charge in [-0.05, 0) is 125 Å². The molecule has 1 aromatic carbocycles. The molecule has 178 valence electrons. The van der Waals surface area contributed by atoms with E-state index >= 15 is 0 Å². The van der Waals surface area contributed by atoms with E-state index in [2.05, 4.69) is 45.0 Å². The van der Waals surface area contributed by atoms with Crippen molar-refractivity contribution in [2.45, 2.75) is 84.7 Å². The van der Waals surface area contributed by atoms with Crippen LogP contribution in [-0.4, -0.2) is 18.7 Å². The highest BCUT2D eigenvalue weighted by atomic mass is 16.5. The first-order valence-electron chi connectivity index (χ1n) is 12.8. The van der Waals surface area contributed by atoms with Gasteiger partial charge in [-0.2, -0.15) is 0 Å². The number of esters is 1. The molecule has 0 spiro atoms. The molecular weight excluding hydrogens is 408 g/mol. The molecule has 0 saturated heterocycles. The lowest BCUT2D eigenvalue weighted by molar-refractivity contribution is -0.137. The zero-order chi connectivity index (χ0) is 23.6. The first-order valence-corrected chi connectivity index (χ1v) is 12.8. The van der Waals surface area contributed by atoms with E-state index in [1.807, 2.05) is 26.0 Å². The van der Waals surface area contributed by atoms with Crippen molar-refractivity contribution in [3.8, 4) is 5.75 Å². The van der Waals surface area contributed by atoms with E-state index < -0.39 is 0 Å². The van der Waals surface area contributed by atoms with Crippen LogP contribution in [0.3, 0.4) is 0 Å². The highest BCUT2D eigenvalue weighted by molar-refractivity contribution is 5.83. The second-order valence-corrected chi connectivity index (χ2v) is 10.9. The van der Waals surface area contributed by atoms with Crippen molar-refractivity contribution in [2.75, 3.05) is 6.61 Å². The van der Waals surface area contributed by atoms with Crippen LogP contribution in [0.25, 0.3) is 5.57 Å². The van der Waals surface area contributed by atoms with Crippen LogP contribution in [0, 0.1) is 17.8 Å². The minimum absolute atomic E-state index is 0.178. The molecular formula is C30H40O3. The summed E-state index contributed by atoms with van der Waals surface area (Å²) in [4.78, 5) is 11.6. The number of rotatable bonds is 8. The number of hydrogen-bond donors (Lipinski definition) is 0. The van der Waals surface area contributed by atoms with Crippen molar-refractivity contribution in [3.05, 3.63) is 59.2 Å². The van der Waals surface area contributed by atoms with E-state index in [1.165, 1.54) is 61.3 Å². The molecule has 4 aliphatic rings. The van der Waals surface area contributed by atoms with Crippen molar-refractivity contribution < 1.29 is 14.3 Å². The van der Waals surface area contributed by atoms with Gasteiger partial charge in [0.15, 0.2) is 0 Å². The highest BCUT2D eigenvalue weighted by Gasteiger charge is 2.52. The van der Waals surface area contributed by atoms with Crippen molar-refractivity contribution in [1.82, 2.24) is 0 Å². The largest absolute Gasteiger partial charge is 0.491 e. The van der Waals surface area contributed by atoms with Crippen LogP contribution in [0.4, 0.5) is 0 Å². The zero-order valence-corrected chi connectivity index (χ0v) is 21.0. The Morgan fingerprint density at radius 1 is 1.09 bits per heavy atom. The van der Waals surface area contributed by atoms with E-state index in [1.54, 1.807) is 0 Å². The van der Waals surface area contributed by atoms with Gasteiger partial charge in [0.2, 0.25) is 0 Å². The van der Waals surface area contributed by atoms with E-state index in [0.717, 1.165) is 29.1 Å². The third-order valence-electron chi connectivity index (χ3n) is 7.74. The molecule has 33 heavy (non-hydrogen) atoms. The summed E-state index contributed by atoms with van der Waals surface area (Å²) in [5.74, 6) is 3.51. The van der Waals surface area contributed by atoms with E-state index in [4.69, 9.17) is 9.47 Å². The third-order valence-corrected chi connectivity index (χ3v) is 7.74. The van der Waals surface area contributed by atoms with Crippen LogP contribution >= 0.6 is 0 Å². The summed E-state index contributed by atoms with van der Waals surface area (Å²) in [6.45, 7) is 10.5. The molecule has 0 unspecified atom stereocenters. The molecule has 5 rings (SSSR count). The third kappa shape index (κ3) is 5.45. The number of allylic oxidation sites excluding steroid dienone is 5. The minimum Gasteiger partial charge on any atom is -0.491 e. The maximum atomic E-state index is 11.6. The smallest absolute Gasteiger partial charge is 0.330 e. The quantitative estimate of drug-likeness (QED) is 0.236. The predicted molar refractivity (Wildman–Crippen MR) is 135 cm³/mol. The summed E-state index contributed by atoms with van der Waals surface area (Å²) in [6, 6.07) is 6.82. The second-order valence-electron chi connectivity index (χ2n) is 10.9. The summed E-state index contributed by atoms with van der Waals surface area (Å²) >= 11 is 0. The number of ether oxygens (including phenoxy) is 2. The molecule has 0 amide bonds. The van der Waals surface area contributed by atoms with Gasteiger partial charge in [-0.1, -0.05) is 24.3 Å². The average molecular weight is 449 g/mol. The molecule has 0 aromatic heterocycles.